The van der Waals surface area contributed by atoms with E-state index in [1.54, 1.807) is 17.5 Å². The summed E-state index contributed by atoms with van der Waals surface area (Å²) < 4.78 is 1.84. The number of aromatic nitrogens is 4. The number of thiophene rings is 1. The minimum Gasteiger partial charge on any atom is -0.318 e. The third kappa shape index (κ3) is 2.15. The molecular formula is C14H11N5S2. The number of nitrogens with two attached hydrogens (primary N) is 1. The Morgan fingerprint density at radius 2 is 2.14 bits per heavy atom. The highest BCUT2D eigenvalue weighted by Gasteiger charge is 2.18. The summed E-state index contributed by atoms with van der Waals surface area (Å²) in [6.07, 6.45) is 5.37. The van der Waals surface area contributed by atoms with E-state index >= 15 is 0 Å². The first kappa shape index (κ1) is 12.6. The van der Waals surface area contributed by atoms with Crippen LogP contribution in [0, 0.1) is 0 Å². The van der Waals surface area contributed by atoms with E-state index in [2.05, 4.69) is 15.1 Å². The molecule has 4 heterocycles. The SMILES string of the molecule is NC(c1cccs1)c1nn2c(-c3cccnc3)cnc2s1. The lowest BCUT2D eigenvalue weighted by Crippen LogP contribution is -2.10. The molecule has 1 atom stereocenters. The summed E-state index contributed by atoms with van der Waals surface area (Å²) in [7, 11) is 0. The summed E-state index contributed by atoms with van der Waals surface area (Å²) in [5.41, 5.74) is 8.20. The number of rotatable bonds is 3. The summed E-state index contributed by atoms with van der Waals surface area (Å²) >= 11 is 3.16. The van der Waals surface area contributed by atoms with Crippen molar-refractivity contribution >= 4 is 27.6 Å². The maximum atomic E-state index is 6.28. The molecule has 0 fully saturated rings. The second kappa shape index (κ2) is 5.03. The molecule has 7 heteroatoms. The number of imidazole rings is 1. The largest absolute Gasteiger partial charge is 0.318 e. The monoisotopic (exact) mass is 313 g/mol. The van der Waals surface area contributed by atoms with Crippen molar-refractivity contribution in [3.63, 3.8) is 0 Å². The van der Waals surface area contributed by atoms with E-state index in [9.17, 15) is 0 Å². The maximum Gasteiger partial charge on any atom is 0.212 e. The van der Waals surface area contributed by atoms with E-state index in [-0.39, 0.29) is 6.04 Å². The van der Waals surface area contributed by atoms with Crippen LogP contribution in [-0.2, 0) is 0 Å². The fourth-order valence-corrected chi connectivity index (χ4v) is 3.83. The molecule has 0 aromatic carbocycles. The predicted octanol–water partition coefficient (Wildman–Crippen LogP) is 2.96. The Balaban J connectivity index is 1.80. The molecule has 0 radical (unpaired) electrons. The molecule has 0 bridgehead atoms. The van der Waals surface area contributed by atoms with Crippen LogP contribution in [0.1, 0.15) is 15.9 Å². The van der Waals surface area contributed by atoms with E-state index in [0.29, 0.717) is 0 Å². The third-order valence-electron chi connectivity index (χ3n) is 3.17. The molecule has 2 N–H and O–H groups in total. The van der Waals surface area contributed by atoms with Crippen molar-refractivity contribution in [1.82, 2.24) is 19.6 Å². The van der Waals surface area contributed by atoms with Gasteiger partial charge in [0, 0.05) is 22.8 Å². The van der Waals surface area contributed by atoms with Gasteiger partial charge < -0.3 is 5.73 Å². The molecule has 0 spiro atoms. The Kier molecular flexibility index (Phi) is 3.03. The highest BCUT2D eigenvalue weighted by Crippen LogP contribution is 2.29. The highest BCUT2D eigenvalue weighted by molar-refractivity contribution is 7.17. The van der Waals surface area contributed by atoms with Crippen LogP contribution < -0.4 is 5.73 Å². The Morgan fingerprint density at radius 1 is 1.19 bits per heavy atom. The number of fused-ring (bicyclic) bond motifs is 1. The second-order valence-electron chi connectivity index (χ2n) is 4.51. The Bertz CT molecular complexity index is 863. The summed E-state index contributed by atoms with van der Waals surface area (Å²) in [5.74, 6) is 0. The normalized spacial score (nSPS) is 12.8. The zero-order chi connectivity index (χ0) is 14.2. The van der Waals surface area contributed by atoms with Gasteiger partial charge in [-0.25, -0.2) is 9.50 Å². The van der Waals surface area contributed by atoms with Gasteiger partial charge in [0.1, 0.15) is 5.01 Å². The summed E-state index contributed by atoms with van der Waals surface area (Å²) in [5, 5.41) is 7.52. The zero-order valence-electron chi connectivity index (χ0n) is 10.9. The van der Waals surface area contributed by atoms with Gasteiger partial charge in [0.15, 0.2) is 0 Å². The van der Waals surface area contributed by atoms with Crippen molar-refractivity contribution in [3.05, 3.63) is 58.1 Å². The summed E-state index contributed by atoms with van der Waals surface area (Å²) in [4.78, 5) is 10.5. The smallest absolute Gasteiger partial charge is 0.212 e. The molecule has 104 valence electrons. The van der Waals surface area contributed by atoms with E-state index in [1.165, 1.54) is 11.3 Å². The molecule has 4 aromatic rings. The first-order chi connectivity index (χ1) is 10.3. The van der Waals surface area contributed by atoms with E-state index in [0.717, 1.165) is 26.1 Å². The average molecular weight is 313 g/mol. The number of nitrogens with zero attached hydrogens (tertiary/aromatic N) is 4. The molecular weight excluding hydrogens is 302 g/mol. The number of pyridine rings is 1. The van der Waals surface area contributed by atoms with Crippen LogP contribution in [0.25, 0.3) is 16.2 Å². The van der Waals surface area contributed by atoms with Gasteiger partial charge in [-0.15, -0.1) is 11.3 Å². The second-order valence-corrected chi connectivity index (χ2v) is 6.48. The third-order valence-corrected chi connectivity index (χ3v) is 5.14. The highest BCUT2D eigenvalue weighted by atomic mass is 32.1. The molecule has 0 saturated heterocycles. The van der Waals surface area contributed by atoms with Crippen molar-refractivity contribution < 1.29 is 0 Å². The van der Waals surface area contributed by atoms with Gasteiger partial charge in [0.05, 0.1) is 17.9 Å². The van der Waals surface area contributed by atoms with Crippen molar-refractivity contribution in [1.29, 1.82) is 0 Å². The molecule has 0 aliphatic carbocycles. The van der Waals surface area contributed by atoms with Gasteiger partial charge in [-0.1, -0.05) is 17.4 Å². The number of hydrogen-bond acceptors (Lipinski definition) is 6. The van der Waals surface area contributed by atoms with Crippen LogP contribution in [0.2, 0.25) is 0 Å². The van der Waals surface area contributed by atoms with E-state index in [4.69, 9.17) is 5.73 Å². The Hall–Kier alpha value is -2.09. The van der Waals surface area contributed by atoms with Crippen molar-refractivity contribution in [2.24, 2.45) is 5.73 Å². The molecule has 0 aliphatic rings. The van der Waals surface area contributed by atoms with Gasteiger partial charge in [0.2, 0.25) is 4.96 Å². The molecule has 0 amide bonds. The van der Waals surface area contributed by atoms with Crippen LogP contribution in [0.3, 0.4) is 0 Å². The maximum absolute atomic E-state index is 6.28. The molecule has 4 rings (SSSR count). The van der Waals surface area contributed by atoms with Crippen LogP contribution in [-0.4, -0.2) is 19.6 Å². The van der Waals surface area contributed by atoms with Crippen LogP contribution in [0.15, 0.2) is 48.2 Å². The Morgan fingerprint density at radius 3 is 2.90 bits per heavy atom. The quantitative estimate of drug-likeness (QED) is 0.631. The fraction of sp³-hybridized carbons (Fsp3) is 0.0714. The van der Waals surface area contributed by atoms with Crippen molar-refractivity contribution in [2.75, 3.05) is 0 Å². The molecule has 5 nitrogen and oxygen atoms in total. The first-order valence-electron chi connectivity index (χ1n) is 6.37. The lowest BCUT2D eigenvalue weighted by Gasteiger charge is -2.03. The molecule has 21 heavy (non-hydrogen) atoms. The average Bonchev–Trinajstić information content (AvgIpc) is 3.23. The van der Waals surface area contributed by atoms with Crippen molar-refractivity contribution in [2.45, 2.75) is 6.04 Å². The molecule has 4 aromatic heterocycles. The first-order valence-corrected chi connectivity index (χ1v) is 8.06. The number of hydrogen-bond donors (Lipinski definition) is 1. The van der Waals surface area contributed by atoms with Gasteiger partial charge >= 0.3 is 0 Å². The minimum absolute atomic E-state index is 0.196. The van der Waals surface area contributed by atoms with Gasteiger partial charge in [-0.2, -0.15) is 5.10 Å². The molecule has 1 unspecified atom stereocenters. The molecule has 0 saturated carbocycles. The van der Waals surface area contributed by atoms with Gasteiger partial charge in [-0.3, -0.25) is 4.98 Å². The summed E-state index contributed by atoms with van der Waals surface area (Å²) in [6, 6.07) is 7.73. The van der Waals surface area contributed by atoms with Gasteiger partial charge in [-0.05, 0) is 23.6 Å². The van der Waals surface area contributed by atoms with E-state index in [1.807, 2.05) is 46.6 Å². The predicted molar refractivity (Wildman–Crippen MR) is 84.4 cm³/mol. The van der Waals surface area contributed by atoms with Crippen LogP contribution >= 0.6 is 22.7 Å². The fourth-order valence-electron chi connectivity index (χ4n) is 2.13. The van der Waals surface area contributed by atoms with Crippen LogP contribution in [0.5, 0.6) is 0 Å². The molecule has 0 aliphatic heterocycles. The van der Waals surface area contributed by atoms with Gasteiger partial charge in [0.25, 0.3) is 0 Å². The van der Waals surface area contributed by atoms with E-state index < -0.39 is 0 Å². The van der Waals surface area contributed by atoms with Crippen molar-refractivity contribution in [3.8, 4) is 11.3 Å². The Labute approximate surface area is 128 Å². The van der Waals surface area contributed by atoms with Crippen LogP contribution in [0.4, 0.5) is 0 Å². The standard InChI is InChI=1S/C14H11N5S2/c15-12(11-4-2-6-20-11)13-18-19-10(8-17-14(19)21-13)9-3-1-5-16-7-9/h1-8,12H,15H2. The zero-order valence-corrected chi connectivity index (χ0v) is 12.5. The lowest BCUT2D eigenvalue weighted by molar-refractivity contribution is 0.822. The summed E-state index contributed by atoms with van der Waals surface area (Å²) in [6.45, 7) is 0. The topological polar surface area (TPSA) is 69.1 Å². The minimum atomic E-state index is -0.196. The lowest BCUT2D eigenvalue weighted by atomic mass is 10.2.